The van der Waals surface area contributed by atoms with Gasteiger partial charge in [-0.1, -0.05) is 48.5 Å². The van der Waals surface area contributed by atoms with Gasteiger partial charge in [0.25, 0.3) is 5.56 Å². The third kappa shape index (κ3) is 3.46. The highest BCUT2D eigenvalue weighted by Crippen LogP contribution is 2.28. The van der Waals surface area contributed by atoms with Crippen molar-refractivity contribution in [2.45, 2.75) is 19.6 Å². The van der Waals surface area contributed by atoms with E-state index in [0.29, 0.717) is 29.9 Å². The molecule has 0 saturated heterocycles. The van der Waals surface area contributed by atoms with Crippen molar-refractivity contribution in [1.82, 2.24) is 14.9 Å². The standard InChI is InChI=1S/C21H21N5O2/c1-14-12-18(27)26-19(16-10-6-7-11-17(16)28-2)24-20(25-21(26)23-14)22-13-15-8-4-3-5-9-15/h3-12,19H,13H2,1-2H3,(H2,22,23,24,25)/t19-/m1/s1. The Hall–Kier alpha value is -3.61. The highest BCUT2D eigenvalue weighted by Gasteiger charge is 2.28. The number of nitrogens with zero attached hydrogens (tertiary/aromatic N) is 3. The molecule has 0 fully saturated rings. The van der Waals surface area contributed by atoms with Crippen LogP contribution in [0, 0.1) is 6.92 Å². The summed E-state index contributed by atoms with van der Waals surface area (Å²) < 4.78 is 7.08. The van der Waals surface area contributed by atoms with Crippen molar-refractivity contribution < 1.29 is 4.74 Å². The summed E-state index contributed by atoms with van der Waals surface area (Å²) in [5, 5.41) is 6.45. The first-order valence-corrected chi connectivity index (χ1v) is 9.01. The lowest BCUT2D eigenvalue weighted by Gasteiger charge is -2.31. The van der Waals surface area contributed by atoms with Crippen LogP contribution in [0.3, 0.4) is 0 Å². The predicted molar refractivity (Wildman–Crippen MR) is 109 cm³/mol. The molecule has 1 aliphatic rings. The Labute approximate surface area is 162 Å². The van der Waals surface area contributed by atoms with Gasteiger partial charge >= 0.3 is 0 Å². The fourth-order valence-corrected chi connectivity index (χ4v) is 3.23. The van der Waals surface area contributed by atoms with Crippen LogP contribution in [0.15, 0.2) is 70.5 Å². The lowest BCUT2D eigenvalue weighted by Crippen LogP contribution is -2.48. The summed E-state index contributed by atoms with van der Waals surface area (Å²) in [5.41, 5.74) is 2.41. The van der Waals surface area contributed by atoms with Crippen LogP contribution in [-0.2, 0) is 6.54 Å². The second kappa shape index (κ2) is 7.56. The average molecular weight is 375 g/mol. The number of aliphatic imine (C=N–C) groups is 1. The molecule has 7 heteroatoms. The Morgan fingerprint density at radius 2 is 1.89 bits per heavy atom. The SMILES string of the molecule is COc1ccccc1[C@@H]1NC(=NCc2ccccc2)Nc2nc(C)cc(=O)n21. The Bertz CT molecular complexity index is 1080. The average Bonchev–Trinajstić information content (AvgIpc) is 2.72. The number of hydrogen-bond donors (Lipinski definition) is 2. The lowest BCUT2D eigenvalue weighted by atomic mass is 10.1. The minimum atomic E-state index is -0.484. The number of aryl methyl sites for hydroxylation is 1. The maximum absolute atomic E-state index is 12.7. The zero-order valence-corrected chi connectivity index (χ0v) is 15.7. The Morgan fingerprint density at radius 1 is 1.14 bits per heavy atom. The van der Waals surface area contributed by atoms with Crippen molar-refractivity contribution in [1.29, 1.82) is 0 Å². The summed E-state index contributed by atoms with van der Waals surface area (Å²) in [6.07, 6.45) is -0.484. The van der Waals surface area contributed by atoms with Gasteiger partial charge in [-0.3, -0.25) is 14.7 Å². The van der Waals surface area contributed by atoms with E-state index >= 15 is 0 Å². The monoisotopic (exact) mass is 375 g/mol. The molecular weight excluding hydrogens is 354 g/mol. The molecule has 28 heavy (non-hydrogen) atoms. The molecule has 0 aliphatic carbocycles. The summed E-state index contributed by atoms with van der Waals surface area (Å²) in [5.74, 6) is 1.69. The molecule has 7 nitrogen and oxygen atoms in total. The van der Waals surface area contributed by atoms with Crippen molar-refractivity contribution in [2.75, 3.05) is 12.4 Å². The van der Waals surface area contributed by atoms with Crippen molar-refractivity contribution in [3.63, 3.8) is 0 Å². The van der Waals surface area contributed by atoms with E-state index in [0.717, 1.165) is 11.1 Å². The maximum Gasteiger partial charge on any atom is 0.257 e. The summed E-state index contributed by atoms with van der Waals surface area (Å²) in [7, 11) is 1.61. The molecular formula is C21H21N5O2. The molecule has 1 aromatic heterocycles. The van der Waals surface area contributed by atoms with Crippen molar-refractivity contribution in [3.8, 4) is 5.75 Å². The van der Waals surface area contributed by atoms with Gasteiger partial charge in [-0.25, -0.2) is 9.98 Å². The first-order chi connectivity index (χ1) is 13.7. The molecule has 142 valence electrons. The van der Waals surface area contributed by atoms with Crippen LogP contribution in [0.5, 0.6) is 5.75 Å². The number of nitrogens with one attached hydrogen (secondary N) is 2. The van der Waals surface area contributed by atoms with Crippen molar-refractivity contribution in [3.05, 3.63) is 87.8 Å². The van der Waals surface area contributed by atoms with Gasteiger partial charge in [-0.2, -0.15) is 0 Å². The molecule has 0 spiro atoms. The summed E-state index contributed by atoms with van der Waals surface area (Å²) in [6, 6.07) is 19.1. The van der Waals surface area contributed by atoms with E-state index < -0.39 is 6.17 Å². The van der Waals surface area contributed by atoms with E-state index in [9.17, 15) is 4.79 Å². The number of ether oxygens (including phenoxy) is 1. The molecule has 0 radical (unpaired) electrons. The lowest BCUT2D eigenvalue weighted by molar-refractivity contribution is 0.395. The molecule has 0 bridgehead atoms. The molecule has 2 aromatic carbocycles. The molecule has 4 rings (SSSR count). The summed E-state index contributed by atoms with van der Waals surface area (Å²) >= 11 is 0. The zero-order valence-electron chi connectivity index (χ0n) is 15.7. The van der Waals surface area contributed by atoms with Crippen LogP contribution >= 0.6 is 0 Å². The molecule has 0 unspecified atom stereocenters. The molecule has 2 heterocycles. The number of rotatable bonds is 4. The first-order valence-electron chi connectivity index (χ1n) is 9.01. The molecule has 1 atom stereocenters. The van der Waals surface area contributed by atoms with E-state index in [1.165, 1.54) is 6.07 Å². The molecule has 1 aliphatic heterocycles. The van der Waals surface area contributed by atoms with E-state index in [2.05, 4.69) is 20.6 Å². The third-order valence-electron chi connectivity index (χ3n) is 4.54. The molecule has 2 N–H and O–H groups in total. The fraction of sp³-hybridized carbons (Fsp3) is 0.190. The van der Waals surface area contributed by atoms with Crippen LogP contribution in [0.1, 0.15) is 23.0 Å². The Balaban J connectivity index is 1.77. The quantitative estimate of drug-likeness (QED) is 0.733. The first kappa shape index (κ1) is 17.8. The van der Waals surface area contributed by atoms with Crippen LogP contribution in [0.2, 0.25) is 0 Å². The zero-order chi connectivity index (χ0) is 19.5. The number of guanidine groups is 1. The van der Waals surface area contributed by atoms with E-state index in [4.69, 9.17) is 4.74 Å². The third-order valence-corrected chi connectivity index (χ3v) is 4.54. The number of methoxy groups -OCH3 is 1. The minimum absolute atomic E-state index is 0.152. The summed E-state index contributed by atoms with van der Waals surface area (Å²) in [6.45, 7) is 2.30. The normalized spacial score (nSPS) is 16.8. The van der Waals surface area contributed by atoms with Crippen molar-refractivity contribution >= 4 is 11.9 Å². The van der Waals surface area contributed by atoms with Gasteiger partial charge < -0.3 is 10.1 Å². The van der Waals surface area contributed by atoms with Gasteiger partial charge in [0.2, 0.25) is 5.95 Å². The van der Waals surface area contributed by atoms with Crippen LogP contribution < -0.4 is 20.9 Å². The van der Waals surface area contributed by atoms with Crippen molar-refractivity contribution in [2.24, 2.45) is 4.99 Å². The number of anilines is 1. The van der Waals surface area contributed by atoms with Gasteiger partial charge in [0.15, 0.2) is 5.96 Å². The maximum atomic E-state index is 12.7. The predicted octanol–water partition coefficient (Wildman–Crippen LogP) is 2.68. The Morgan fingerprint density at radius 3 is 2.68 bits per heavy atom. The van der Waals surface area contributed by atoms with Gasteiger partial charge in [0.1, 0.15) is 11.9 Å². The number of para-hydroxylation sites is 1. The fourth-order valence-electron chi connectivity index (χ4n) is 3.23. The van der Waals surface area contributed by atoms with Gasteiger partial charge in [0.05, 0.1) is 13.7 Å². The van der Waals surface area contributed by atoms with E-state index in [1.54, 1.807) is 18.6 Å². The minimum Gasteiger partial charge on any atom is -0.496 e. The van der Waals surface area contributed by atoms with Gasteiger partial charge in [-0.05, 0) is 18.6 Å². The topological polar surface area (TPSA) is 80.5 Å². The number of hydrogen-bond acceptors (Lipinski definition) is 4. The van der Waals surface area contributed by atoms with Crippen LogP contribution in [-0.4, -0.2) is 22.6 Å². The second-order valence-corrected chi connectivity index (χ2v) is 6.49. The van der Waals surface area contributed by atoms with E-state index in [-0.39, 0.29) is 5.56 Å². The number of fused-ring (bicyclic) bond motifs is 1. The van der Waals surface area contributed by atoms with Crippen LogP contribution in [0.25, 0.3) is 0 Å². The van der Waals surface area contributed by atoms with Gasteiger partial charge in [-0.15, -0.1) is 0 Å². The molecule has 0 saturated carbocycles. The highest BCUT2D eigenvalue weighted by molar-refractivity contribution is 5.93. The molecule has 0 amide bonds. The second-order valence-electron chi connectivity index (χ2n) is 6.49. The smallest absolute Gasteiger partial charge is 0.257 e. The van der Waals surface area contributed by atoms with Gasteiger partial charge in [0, 0.05) is 17.3 Å². The number of aromatic nitrogens is 2. The largest absolute Gasteiger partial charge is 0.496 e. The number of benzene rings is 2. The highest BCUT2D eigenvalue weighted by atomic mass is 16.5. The molecule has 3 aromatic rings. The van der Waals surface area contributed by atoms with E-state index in [1.807, 2.05) is 54.6 Å². The van der Waals surface area contributed by atoms with Crippen LogP contribution in [0.4, 0.5) is 5.95 Å². The Kier molecular flexibility index (Phi) is 4.80. The summed E-state index contributed by atoms with van der Waals surface area (Å²) in [4.78, 5) is 21.9.